The number of carboxylic acid groups (broad SMARTS) is 1. The summed E-state index contributed by atoms with van der Waals surface area (Å²) in [5.74, 6) is -0.937. The second-order valence-corrected chi connectivity index (χ2v) is 2.85. The number of hydrogen-bond acceptors (Lipinski definition) is 4. The molecular formula is C8H13N3O3. The molecule has 4 N–H and O–H groups in total. The molecule has 14 heavy (non-hydrogen) atoms. The minimum Gasteiger partial charge on any atom is -0.480 e. The minimum absolute atomic E-state index is 0.0766. The fourth-order valence-corrected chi connectivity index (χ4v) is 1.10. The number of rotatable bonds is 6. The van der Waals surface area contributed by atoms with Crippen LogP contribution in [0.5, 0.6) is 0 Å². The molecule has 0 fully saturated rings. The van der Waals surface area contributed by atoms with Gasteiger partial charge in [0.2, 0.25) is 0 Å². The van der Waals surface area contributed by atoms with Crippen molar-refractivity contribution < 1.29 is 15.0 Å². The maximum absolute atomic E-state index is 10.8. The average molecular weight is 199 g/mol. The number of carbonyl (C=O) groups is 1. The van der Waals surface area contributed by atoms with Gasteiger partial charge in [-0.15, -0.1) is 0 Å². The summed E-state index contributed by atoms with van der Waals surface area (Å²) in [7, 11) is 0. The topological polar surface area (TPSA) is 98.2 Å². The highest BCUT2D eigenvalue weighted by Gasteiger charge is 2.17. The van der Waals surface area contributed by atoms with Crippen molar-refractivity contribution in [1.82, 2.24) is 15.3 Å². The van der Waals surface area contributed by atoms with E-state index in [0.29, 0.717) is 6.42 Å². The lowest BCUT2D eigenvalue weighted by molar-refractivity contribution is -0.139. The molecule has 0 saturated heterocycles. The second kappa shape index (κ2) is 5.36. The van der Waals surface area contributed by atoms with Crippen molar-refractivity contribution in [3.05, 3.63) is 18.2 Å². The third-order valence-electron chi connectivity index (χ3n) is 1.78. The van der Waals surface area contributed by atoms with Crippen LogP contribution in [0.3, 0.4) is 0 Å². The van der Waals surface area contributed by atoms with Crippen LogP contribution in [0.15, 0.2) is 12.5 Å². The molecule has 78 valence electrons. The van der Waals surface area contributed by atoms with E-state index < -0.39 is 12.0 Å². The first kappa shape index (κ1) is 10.7. The van der Waals surface area contributed by atoms with Crippen molar-refractivity contribution in [2.75, 3.05) is 13.2 Å². The van der Waals surface area contributed by atoms with Crippen molar-refractivity contribution in [1.29, 1.82) is 0 Å². The summed E-state index contributed by atoms with van der Waals surface area (Å²) in [6, 6.07) is -0.692. The van der Waals surface area contributed by atoms with E-state index >= 15 is 0 Å². The highest BCUT2D eigenvalue weighted by Crippen LogP contribution is 1.98. The fourth-order valence-electron chi connectivity index (χ4n) is 1.10. The summed E-state index contributed by atoms with van der Waals surface area (Å²) in [6.07, 6.45) is 3.41. The summed E-state index contributed by atoms with van der Waals surface area (Å²) in [5.41, 5.74) is 0.753. The zero-order chi connectivity index (χ0) is 10.4. The van der Waals surface area contributed by atoms with Gasteiger partial charge in [0.05, 0.1) is 12.9 Å². The van der Waals surface area contributed by atoms with Crippen molar-refractivity contribution in [2.24, 2.45) is 0 Å². The van der Waals surface area contributed by atoms with Crippen LogP contribution >= 0.6 is 0 Å². The lowest BCUT2D eigenvalue weighted by Gasteiger charge is -2.11. The first-order valence-corrected chi connectivity index (χ1v) is 4.28. The molecular weight excluding hydrogens is 186 g/mol. The summed E-state index contributed by atoms with van der Waals surface area (Å²) in [5, 5.41) is 20.1. The van der Waals surface area contributed by atoms with Gasteiger partial charge < -0.3 is 20.5 Å². The first-order chi connectivity index (χ1) is 6.74. The number of imidazole rings is 1. The van der Waals surface area contributed by atoms with Gasteiger partial charge in [0.1, 0.15) is 6.04 Å². The van der Waals surface area contributed by atoms with E-state index in [-0.39, 0.29) is 13.2 Å². The Morgan fingerprint density at radius 2 is 2.50 bits per heavy atom. The summed E-state index contributed by atoms with van der Waals surface area (Å²) >= 11 is 0. The van der Waals surface area contributed by atoms with Gasteiger partial charge >= 0.3 is 5.97 Å². The van der Waals surface area contributed by atoms with Gasteiger partial charge in [-0.25, -0.2) is 4.98 Å². The van der Waals surface area contributed by atoms with Gasteiger partial charge in [0.15, 0.2) is 0 Å². The molecule has 0 unspecified atom stereocenters. The van der Waals surface area contributed by atoms with Gasteiger partial charge in [-0.3, -0.25) is 4.79 Å². The van der Waals surface area contributed by atoms with E-state index in [4.69, 9.17) is 10.2 Å². The maximum atomic E-state index is 10.8. The van der Waals surface area contributed by atoms with Gasteiger partial charge in [-0.05, 0) is 0 Å². The van der Waals surface area contributed by atoms with Crippen LogP contribution < -0.4 is 5.32 Å². The zero-order valence-electron chi connectivity index (χ0n) is 7.60. The van der Waals surface area contributed by atoms with Gasteiger partial charge in [-0.1, -0.05) is 0 Å². The molecule has 1 heterocycles. The molecule has 0 amide bonds. The Bertz CT molecular complexity index is 273. The van der Waals surface area contributed by atoms with E-state index in [1.807, 2.05) is 0 Å². The highest BCUT2D eigenvalue weighted by atomic mass is 16.4. The lowest BCUT2D eigenvalue weighted by atomic mass is 10.1. The normalized spacial score (nSPS) is 12.6. The maximum Gasteiger partial charge on any atom is 0.321 e. The molecule has 0 aromatic carbocycles. The van der Waals surface area contributed by atoms with Crippen LogP contribution in [0.4, 0.5) is 0 Å². The van der Waals surface area contributed by atoms with Crippen molar-refractivity contribution >= 4 is 5.97 Å². The fraction of sp³-hybridized carbons (Fsp3) is 0.500. The molecule has 1 aromatic heterocycles. The molecule has 0 saturated carbocycles. The molecule has 1 rings (SSSR count). The van der Waals surface area contributed by atoms with Gasteiger partial charge in [-0.2, -0.15) is 0 Å². The molecule has 0 bridgehead atoms. The standard InChI is InChI=1S/C8H13N3O3/c12-2-1-10-7(8(13)14)3-6-4-9-5-11-6/h4-5,7,10,12H,1-3H2,(H,9,11)(H,13,14)/t7-/m0/s1. The number of aromatic nitrogens is 2. The van der Waals surface area contributed by atoms with Crippen LogP contribution in [-0.2, 0) is 11.2 Å². The van der Waals surface area contributed by atoms with Crippen LogP contribution in [0.1, 0.15) is 5.69 Å². The van der Waals surface area contributed by atoms with E-state index in [9.17, 15) is 4.79 Å². The predicted molar refractivity (Wildman–Crippen MR) is 48.8 cm³/mol. The average Bonchev–Trinajstić information content (AvgIpc) is 2.64. The number of aliphatic hydroxyl groups is 1. The third kappa shape index (κ3) is 3.15. The number of aliphatic hydroxyl groups excluding tert-OH is 1. The summed E-state index contributed by atoms with van der Waals surface area (Å²) in [4.78, 5) is 17.4. The van der Waals surface area contributed by atoms with Gasteiger partial charge in [0, 0.05) is 24.9 Å². The number of H-pyrrole nitrogens is 1. The van der Waals surface area contributed by atoms with E-state index in [0.717, 1.165) is 5.69 Å². The van der Waals surface area contributed by atoms with Crippen LogP contribution in [-0.4, -0.2) is 45.3 Å². The monoisotopic (exact) mass is 199 g/mol. The number of aliphatic carboxylic acids is 1. The van der Waals surface area contributed by atoms with E-state index in [1.165, 1.54) is 6.33 Å². The van der Waals surface area contributed by atoms with Crippen LogP contribution in [0.25, 0.3) is 0 Å². The largest absolute Gasteiger partial charge is 0.480 e. The number of nitrogens with one attached hydrogen (secondary N) is 2. The van der Waals surface area contributed by atoms with E-state index in [2.05, 4.69) is 15.3 Å². The quantitative estimate of drug-likeness (QED) is 0.470. The minimum atomic E-state index is -0.937. The third-order valence-corrected chi connectivity index (χ3v) is 1.78. The second-order valence-electron chi connectivity index (χ2n) is 2.85. The molecule has 0 aliphatic carbocycles. The number of aromatic amines is 1. The first-order valence-electron chi connectivity index (χ1n) is 4.28. The van der Waals surface area contributed by atoms with Crippen LogP contribution in [0, 0.1) is 0 Å². The highest BCUT2D eigenvalue weighted by molar-refractivity contribution is 5.73. The SMILES string of the molecule is O=C(O)[C@H](Cc1cnc[nH]1)NCCO. The summed E-state index contributed by atoms with van der Waals surface area (Å²) < 4.78 is 0. The Kier molecular flexibility index (Phi) is 4.09. The molecule has 0 spiro atoms. The Balaban J connectivity index is 2.47. The molecule has 1 aromatic rings. The van der Waals surface area contributed by atoms with Crippen molar-refractivity contribution in [3.63, 3.8) is 0 Å². The Hall–Kier alpha value is -1.40. The zero-order valence-corrected chi connectivity index (χ0v) is 7.60. The molecule has 1 atom stereocenters. The molecule has 0 radical (unpaired) electrons. The number of nitrogens with zero attached hydrogens (tertiary/aromatic N) is 1. The Morgan fingerprint density at radius 3 is 3.00 bits per heavy atom. The Labute approximate surface area is 81.0 Å². The van der Waals surface area contributed by atoms with Crippen molar-refractivity contribution in [3.8, 4) is 0 Å². The van der Waals surface area contributed by atoms with Gasteiger partial charge in [0.25, 0.3) is 0 Å². The van der Waals surface area contributed by atoms with Crippen LogP contribution in [0.2, 0.25) is 0 Å². The lowest BCUT2D eigenvalue weighted by Crippen LogP contribution is -2.40. The van der Waals surface area contributed by atoms with E-state index in [1.54, 1.807) is 6.20 Å². The summed E-state index contributed by atoms with van der Waals surface area (Å²) in [6.45, 7) is 0.192. The molecule has 6 heteroatoms. The molecule has 0 aliphatic heterocycles. The van der Waals surface area contributed by atoms with Crippen molar-refractivity contribution in [2.45, 2.75) is 12.5 Å². The Morgan fingerprint density at radius 1 is 1.71 bits per heavy atom. The number of hydrogen-bond donors (Lipinski definition) is 4. The molecule has 0 aliphatic rings. The number of carboxylic acids is 1. The smallest absolute Gasteiger partial charge is 0.321 e. The predicted octanol–water partition coefficient (Wildman–Crippen LogP) is -1.01. The molecule has 6 nitrogen and oxygen atoms in total.